The monoisotopic (exact) mass is 414 g/mol. The molecule has 0 spiro atoms. The number of benzene rings is 6. The third-order valence-electron chi connectivity index (χ3n) is 6.11. The van der Waals surface area contributed by atoms with Crippen molar-refractivity contribution in [1.82, 2.24) is 0 Å². The Hall–Kier alpha value is -3.61. The first-order chi connectivity index (χ1) is 15.3. The Morgan fingerprint density at radius 3 is 1.84 bits per heavy atom. The molecule has 0 aliphatic carbocycles. The number of hydrogen-bond acceptors (Lipinski definition) is 0. The lowest BCUT2D eigenvalue weighted by Crippen LogP contribution is -1.91. The second-order valence-corrected chi connectivity index (χ2v) is 8.31. The molecule has 6 aromatic carbocycles. The van der Waals surface area contributed by atoms with Crippen molar-refractivity contribution in [3.8, 4) is 22.3 Å². The van der Waals surface area contributed by atoms with E-state index < -0.39 is 0 Å². The van der Waals surface area contributed by atoms with E-state index >= 15 is 0 Å². The maximum Gasteiger partial charge on any atom is 0.0412 e. The number of rotatable bonds is 2. The molecule has 0 amide bonds. The molecule has 0 aliphatic rings. The zero-order chi connectivity index (χ0) is 20.8. The van der Waals surface area contributed by atoms with E-state index in [2.05, 4.69) is 109 Å². The summed E-state index contributed by atoms with van der Waals surface area (Å²) in [5, 5.41) is 8.17. The highest BCUT2D eigenvalue weighted by atomic mass is 35.5. The van der Waals surface area contributed by atoms with Gasteiger partial charge in [0, 0.05) is 5.02 Å². The highest BCUT2D eigenvalue weighted by molar-refractivity contribution is 6.32. The second kappa shape index (κ2) is 7.27. The largest absolute Gasteiger partial charge is 0.0843 e. The fourth-order valence-corrected chi connectivity index (χ4v) is 4.97. The van der Waals surface area contributed by atoms with Crippen molar-refractivity contribution in [3.63, 3.8) is 0 Å². The molecule has 0 aliphatic heterocycles. The quantitative estimate of drug-likeness (QED) is 0.248. The van der Waals surface area contributed by atoms with Crippen molar-refractivity contribution >= 4 is 43.9 Å². The predicted octanol–water partition coefficient (Wildman–Crippen LogP) is 9.13. The lowest BCUT2D eigenvalue weighted by atomic mass is 9.85. The standard InChI is InChI=1S/C30H19Cl/c31-22-17-18-27-28(19-22)29(21-10-2-1-3-11-21)25-14-6-7-15-26(25)30(27)24-16-8-12-20-9-4-5-13-23(20)24/h1-19H. The van der Waals surface area contributed by atoms with Gasteiger partial charge in [0.05, 0.1) is 0 Å². The van der Waals surface area contributed by atoms with Crippen LogP contribution in [0.2, 0.25) is 5.02 Å². The van der Waals surface area contributed by atoms with Crippen LogP contribution in [-0.4, -0.2) is 0 Å². The smallest absolute Gasteiger partial charge is 0.0412 e. The molecule has 0 saturated carbocycles. The van der Waals surface area contributed by atoms with Crippen LogP contribution in [0.1, 0.15) is 0 Å². The molecule has 0 heterocycles. The Labute approximate surface area is 186 Å². The fraction of sp³-hybridized carbons (Fsp3) is 0. The molecule has 0 aromatic heterocycles. The topological polar surface area (TPSA) is 0 Å². The summed E-state index contributed by atoms with van der Waals surface area (Å²) in [6.45, 7) is 0. The summed E-state index contributed by atoms with van der Waals surface area (Å²) in [5.41, 5.74) is 4.95. The van der Waals surface area contributed by atoms with E-state index in [1.807, 2.05) is 6.07 Å². The Morgan fingerprint density at radius 2 is 1.03 bits per heavy atom. The van der Waals surface area contributed by atoms with Gasteiger partial charge >= 0.3 is 0 Å². The SMILES string of the molecule is Clc1ccc2c(-c3cccc4ccccc34)c3ccccc3c(-c3ccccc3)c2c1. The van der Waals surface area contributed by atoms with Crippen LogP contribution in [0.4, 0.5) is 0 Å². The third kappa shape index (κ3) is 2.91. The van der Waals surface area contributed by atoms with Crippen molar-refractivity contribution in [2.75, 3.05) is 0 Å². The molecule has 31 heavy (non-hydrogen) atoms. The van der Waals surface area contributed by atoms with Crippen molar-refractivity contribution in [2.45, 2.75) is 0 Å². The summed E-state index contributed by atoms with van der Waals surface area (Å²) in [6, 6.07) is 40.8. The molecule has 0 radical (unpaired) electrons. The highest BCUT2D eigenvalue weighted by Gasteiger charge is 2.17. The Kier molecular flexibility index (Phi) is 4.26. The van der Waals surface area contributed by atoms with Gasteiger partial charge in [0.15, 0.2) is 0 Å². The van der Waals surface area contributed by atoms with Crippen LogP contribution in [0.15, 0.2) is 115 Å². The molecule has 0 atom stereocenters. The van der Waals surface area contributed by atoms with Crippen molar-refractivity contribution < 1.29 is 0 Å². The van der Waals surface area contributed by atoms with Gasteiger partial charge in [-0.1, -0.05) is 115 Å². The van der Waals surface area contributed by atoms with Crippen LogP contribution in [0.5, 0.6) is 0 Å². The van der Waals surface area contributed by atoms with E-state index in [1.54, 1.807) is 0 Å². The molecule has 0 unspecified atom stereocenters. The normalized spacial score (nSPS) is 11.4. The number of hydrogen-bond donors (Lipinski definition) is 0. The molecule has 6 rings (SSSR count). The first kappa shape index (κ1) is 18.2. The summed E-state index contributed by atoms with van der Waals surface area (Å²) in [7, 11) is 0. The molecule has 0 fully saturated rings. The van der Waals surface area contributed by atoms with Gasteiger partial charge in [-0.15, -0.1) is 0 Å². The predicted molar refractivity (Wildman–Crippen MR) is 135 cm³/mol. The van der Waals surface area contributed by atoms with Crippen LogP contribution in [0, 0.1) is 0 Å². The molecular formula is C30H19Cl. The van der Waals surface area contributed by atoms with Crippen LogP contribution < -0.4 is 0 Å². The zero-order valence-electron chi connectivity index (χ0n) is 16.8. The second-order valence-electron chi connectivity index (χ2n) is 7.88. The fourth-order valence-electron chi connectivity index (χ4n) is 4.80. The van der Waals surface area contributed by atoms with Crippen LogP contribution in [-0.2, 0) is 0 Å². The molecule has 1 heteroatoms. The molecule has 0 bridgehead atoms. The highest BCUT2D eigenvalue weighted by Crippen LogP contribution is 2.45. The zero-order valence-corrected chi connectivity index (χ0v) is 17.6. The minimum atomic E-state index is 0.754. The van der Waals surface area contributed by atoms with Crippen LogP contribution >= 0.6 is 11.6 Å². The van der Waals surface area contributed by atoms with Gasteiger partial charge in [0.1, 0.15) is 0 Å². The Morgan fingerprint density at radius 1 is 0.419 bits per heavy atom. The Bertz CT molecular complexity index is 1570. The lowest BCUT2D eigenvalue weighted by Gasteiger charge is -2.19. The average Bonchev–Trinajstić information content (AvgIpc) is 2.83. The number of halogens is 1. The van der Waals surface area contributed by atoms with Gasteiger partial charge in [-0.05, 0) is 66.7 Å². The van der Waals surface area contributed by atoms with E-state index in [4.69, 9.17) is 11.6 Å². The van der Waals surface area contributed by atoms with Gasteiger partial charge in [-0.25, -0.2) is 0 Å². The van der Waals surface area contributed by atoms with E-state index in [9.17, 15) is 0 Å². The molecular weight excluding hydrogens is 396 g/mol. The summed E-state index contributed by atoms with van der Waals surface area (Å²) in [4.78, 5) is 0. The molecule has 0 saturated heterocycles. The van der Waals surface area contributed by atoms with E-state index in [-0.39, 0.29) is 0 Å². The van der Waals surface area contributed by atoms with Gasteiger partial charge in [0.25, 0.3) is 0 Å². The summed E-state index contributed by atoms with van der Waals surface area (Å²) in [6.07, 6.45) is 0. The minimum absolute atomic E-state index is 0.754. The Balaban J connectivity index is 1.86. The summed E-state index contributed by atoms with van der Waals surface area (Å²) in [5.74, 6) is 0. The van der Waals surface area contributed by atoms with Gasteiger partial charge in [-0.2, -0.15) is 0 Å². The first-order valence-corrected chi connectivity index (χ1v) is 10.9. The minimum Gasteiger partial charge on any atom is -0.0843 e. The van der Waals surface area contributed by atoms with Gasteiger partial charge in [0.2, 0.25) is 0 Å². The molecule has 146 valence electrons. The van der Waals surface area contributed by atoms with Crippen molar-refractivity contribution in [3.05, 3.63) is 120 Å². The van der Waals surface area contributed by atoms with E-state index in [0.29, 0.717) is 0 Å². The summed E-state index contributed by atoms with van der Waals surface area (Å²) < 4.78 is 0. The van der Waals surface area contributed by atoms with Crippen LogP contribution in [0.25, 0.3) is 54.6 Å². The first-order valence-electron chi connectivity index (χ1n) is 10.5. The molecule has 6 aromatic rings. The van der Waals surface area contributed by atoms with Crippen LogP contribution in [0.3, 0.4) is 0 Å². The average molecular weight is 415 g/mol. The molecule has 0 N–H and O–H groups in total. The maximum absolute atomic E-state index is 6.52. The van der Waals surface area contributed by atoms with Crippen molar-refractivity contribution in [1.29, 1.82) is 0 Å². The lowest BCUT2D eigenvalue weighted by molar-refractivity contribution is 1.66. The van der Waals surface area contributed by atoms with Crippen molar-refractivity contribution in [2.24, 2.45) is 0 Å². The number of fused-ring (bicyclic) bond motifs is 3. The van der Waals surface area contributed by atoms with Gasteiger partial charge in [-0.3, -0.25) is 0 Å². The molecule has 0 nitrogen and oxygen atoms in total. The van der Waals surface area contributed by atoms with Gasteiger partial charge < -0.3 is 0 Å². The summed E-state index contributed by atoms with van der Waals surface area (Å²) >= 11 is 6.52. The van der Waals surface area contributed by atoms with E-state index in [1.165, 1.54) is 54.6 Å². The third-order valence-corrected chi connectivity index (χ3v) is 6.34. The maximum atomic E-state index is 6.52. The van der Waals surface area contributed by atoms with E-state index in [0.717, 1.165) is 5.02 Å².